The molecule has 2 heteroatoms. The van der Waals surface area contributed by atoms with Crippen LogP contribution in [0.2, 0.25) is 0 Å². The summed E-state index contributed by atoms with van der Waals surface area (Å²) in [6, 6.07) is 32.5. The summed E-state index contributed by atoms with van der Waals surface area (Å²) >= 11 is 1.89. The Morgan fingerprint density at radius 1 is 0.630 bits per heavy atom. The Labute approximate surface area is 164 Å². The average molecular weight is 368 g/mol. The summed E-state index contributed by atoms with van der Waals surface area (Å²) in [4.78, 5) is 1.29. The molecule has 0 atom stereocenters. The minimum absolute atomic E-state index is 1.11. The van der Waals surface area contributed by atoms with Crippen LogP contribution in [0.4, 0.5) is 0 Å². The van der Waals surface area contributed by atoms with Gasteiger partial charge in [-0.05, 0) is 36.1 Å². The first-order valence-corrected chi connectivity index (χ1v) is 10.3. The first kappa shape index (κ1) is 16.5. The van der Waals surface area contributed by atoms with Gasteiger partial charge in [0.25, 0.3) is 0 Å². The molecule has 1 aromatic heterocycles. The SMILES string of the molecule is c1ccc(Sc2c(-c3ccccc3)c(-c3ccccc3)c3n2CCC3)cc1. The van der Waals surface area contributed by atoms with Crippen molar-refractivity contribution < 1.29 is 0 Å². The largest absolute Gasteiger partial charge is 0.338 e. The molecule has 0 saturated heterocycles. The van der Waals surface area contributed by atoms with Crippen LogP contribution in [0.15, 0.2) is 101 Å². The van der Waals surface area contributed by atoms with Crippen LogP contribution in [0.5, 0.6) is 0 Å². The highest BCUT2D eigenvalue weighted by Crippen LogP contribution is 2.48. The Bertz CT molecular complexity index is 1050. The maximum absolute atomic E-state index is 2.56. The predicted molar refractivity (Wildman–Crippen MR) is 114 cm³/mol. The van der Waals surface area contributed by atoms with Gasteiger partial charge in [0.05, 0.1) is 5.03 Å². The topological polar surface area (TPSA) is 4.93 Å². The molecule has 0 unspecified atom stereocenters. The van der Waals surface area contributed by atoms with Gasteiger partial charge in [-0.2, -0.15) is 0 Å². The van der Waals surface area contributed by atoms with Crippen molar-refractivity contribution in [3.8, 4) is 22.3 Å². The van der Waals surface area contributed by atoms with Crippen molar-refractivity contribution in [3.63, 3.8) is 0 Å². The second-order valence-corrected chi connectivity index (χ2v) is 7.97. The lowest BCUT2D eigenvalue weighted by Crippen LogP contribution is -1.94. The van der Waals surface area contributed by atoms with Gasteiger partial charge in [0.2, 0.25) is 0 Å². The Morgan fingerprint density at radius 2 is 1.19 bits per heavy atom. The molecule has 0 bridgehead atoms. The summed E-state index contributed by atoms with van der Waals surface area (Å²) in [5.74, 6) is 0. The van der Waals surface area contributed by atoms with E-state index >= 15 is 0 Å². The molecule has 0 saturated carbocycles. The van der Waals surface area contributed by atoms with Crippen LogP contribution < -0.4 is 0 Å². The number of hydrogen-bond donors (Lipinski definition) is 0. The van der Waals surface area contributed by atoms with Crippen molar-refractivity contribution in [2.24, 2.45) is 0 Å². The maximum atomic E-state index is 2.56. The van der Waals surface area contributed by atoms with Gasteiger partial charge < -0.3 is 4.57 Å². The van der Waals surface area contributed by atoms with E-state index in [2.05, 4.69) is 95.6 Å². The zero-order valence-corrected chi connectivity index (χ0v) is 16.0. The molecule has 0 fully saturated rings. The number of fused-ring (bicyclic) bond motifs is 1. The second kappa shape index (κ2) is 7.13. The van der Waals surface area contributed by atoms with Crippen LogP contribution in [-0.2, 0) is 13.0 Å². The number of nitrogens with zero attached hydrogens (tertiary/aromatic N) is 1. The predicted octanol–water partition coefficient (Wildman–Crippen LogP) is 6.92. The molecule has 0 aliphatic carbocycles. The quantitative estimate of drug-likeness (QED) is 0.379. The summed E-state index contributed by atoms with van der Waals surface area (Å²) in [5.41, 5.74) is 6.90. The van der Waals surface area contributed by atoms with Gasteiger partial charge >= 0.3 is 0 Å². The molecule has 1 nitrogen and oxygen atoms in total. The van der Waals surface area contributed by atoms with Crippen molar-refractivity contribution in [2.45, 2.75) is 29.3 Å². The highest BCUT2D eigenvalue weighted by Gasteiger charge is 2.27. The number of rotatable bonds is 4. The summed E-state index contributed by atoms with van der Waals surface area (Å²) in [5, 5.41) is 1.37. The molecular formula is C25H21NS. The molecule has 4 aromatic rings. The van der Waals surface area contributed by atoms with Gasteiger partial charge in [0.1, 0.15) is 0 Å². The molecule has 0 N–H and O–H groups in total. The van der Waals surface area contributed by atoms with Crippen molar-refractivity contribution >= 4 is 11.8 Å². The first-order valence-electron chi connectivity index (χ1n) is 9.51. The van der Waals surface area contributed by atoms with Crippen LogP contribution >= 0.6 is 11.8 Å². The molecule has 0 amide bonds. The minimum atomic E-state index is 1.11. The average Bonchev–Trinajstić information content (AvgIpc) is 3.32. The van der Waals surface area contributed by atoms with Gasteiger partial charge in [0, 0.05) is 28.3 Å². The fraction of sp³-hybridized carbons (Fsp3) is 0.120. The van der Waals surface area contributed by atoms with E-state index in [9.17, 15) is 0 Å². The second-order valence-electron chi connectivity index (χ2n) is 6.90. The van der Waals surface area contributed by atoms with Gasteiger partial charge in [-0.1, -0.05) is 90.6 Å². The van der Waals surface area contributed by atoms with Crippen LogP contribution in [0, 0.1) is 0 Å². The third-order valence-electron chi connectivity index (χ3n) is 5.20. The van der Waals surface area contributed by atoms with Crippen molar-refractivity contribution in [3.05, 3.63) is 96.7 Å². The van der Waals surface area contributed by atoms with E-state index < -0.39 is 0 Å². The highest BCUT2D eigenvalue weighted by molar-refractivity contribution is 7.99. The van der Waals surface area contributed by atoms with Crippen LogP contribution in [0.1, 0.15) is 12.1 Å². The molecule has 1 aliphatic rings. The fourth-order valence-electron chi connectivity index (χ4n) is 4.04. The zero-order valence-electron chi connectivity index (χ0n) is 15.1. The zero-order chi connectivity index (χ0) is 18.1. The van der Waals surface area contributed by atoms with E-state index in [0.29, 0.717) is 0 Å². The highest BCUT2D eigenvalue weighted by atomic mass is 32.2. The van der Waals surface area contributed by atoms with Crippen molar-refractivity contribution in [2.75, 3.05) is 0 Å². The van der Waals surface area contributed by atoms with E-state index in [-0.39, 0.29) is 0 Å². The Kier molecular flexibility index (Phi) is 4.35. The first-order chi connectivity index (χ1) is 13.4. The maximum Gasteiger partial charge on any atom is 0.0884 e. The van der Waals surface area contributed by atoms with Gasteiger partial charge in [0.15, 0.2) is 0 Å². The smallest absolute Gasteiger partial charge is 0.0884 e. The summed E-state index contributed by atoms with van der Waals surface area (Å²) < 4.78 is 2.56. The van der Waals surface area contributed by atoms with Gasteiger partial charge in [-0.3, -0.25) is 0 Å². The molecule has 5 rings (SSSR count). The van der Waals surface area contributed by atoms with E-state index in [4.69, 9.17) is 0 Å². The third-order valence-corrected chi connectivity index (χ3v) is 6.33. The van der Waals surface area contributed by atoms with Crippen LogP contribution in [0.3, 0.4) is 0 Å². The Hall–Kier alpha value is -2.71. The minimum Gasteiger partial charge on any atom is -0.338 e. The molecule has 27 heavy (non-hydrogen) atoms. The lowest BCUT2D eigenvalue weighted by atomic mass is 9.96. The summed E-state index contributed by atoms with van der Waals surface area (Å²) in [7, 11) is 0. The van der Waals surface area contributed by atoms with Crippen LogP contribution in [-0.4, -0.2) is 4.57 Å². The molecule has 2 heterocycles. The third kappa shape index (κ3) is 3.00. The molecule has 3 aromatic carbocycles. The lowest BCUT2D eigenvalue weighted by molar-refractivity contribution is 0.697. The summed E-state index contributed by atoms with van der Waals surface area (Å²) in [6.07, 6.45) is 2.38. The monoisotopic (exact) mass is 367 g/mol. The van der Waals surface area contributed by atoms with Crippen LogP contribution in [0.25, 0.3) is 22.3 Å². The lowest BCUT2D eigenvalue weighted by Gasteiger charge is -2.11. The molecular weight excluding hydrogens is 346 g/mol. The van der Waals surface area contributed by atoms with E-state index in [1.54, 1.807) is 0 Å². The molecule has 0 spiro atoms. The van der Waals surface area contributed by atoms with Gasteiger partial charge in [-0.25, -0.2) is 0 Å². The van der Waals surface area contributed by atoms with E-state index in [1.165, 1.54) is 44.3 Å². The number of hydrogen-bond acceptors (Lipinski definition) is 1. The molecule has 0 radical (unpaired) electrons. The molecule has 1 aliphatic heterocycles. The number of benzene rings is 3. The van der Waals surface area contributed by atoms with Crippen molar-refractivity contribution in [1.82, 2.24) is 4.57 Å². The normalized spacial score (nSPS) is 12.9. The fourth-order valence-corrected chi connectivity index (χ4v) is 5.19. The Morgan fingerprint density at radius 3 is 1.81 bits per heavy atom. The standard InChI is InChI=1S/C25H21NS/c1-4-11-19(12-5-1)23-22-17-10-18-26(22)25(27-21-15-8-3-9-16-21)24(23)20-13-6-2-7-14-20/h1-9,11-16H,10,17-18H2. The molecule has 132 valence electrons. The number of aromatic nitrogens is 1. The summed E-state index contributed by atoms with van der Waals surface area (Å²) in [6.45, 7) is 1.11. The Balaban J connectivity index is 1.77. The van der Waals surface area contributed by atoms with E-state index in [0.717, 1.165) is 13.0 Å². The van der Waals surface area contributed by atoms with Crippen molar-refractivity contribution in [1.29, 1.82) is 0 Å². The van der Waals surface area contributed by atoms with Gasteiger partial charge in [-0.15, -0.1) is 0 Å². The van der Waals surface area contributed by atoms with E-state index in [1.807, 2.05) is 11.8 Å².